The number of phenolic OH excluding ortho intramolecular Hbond substituents is 1. The number of carbonyl (C=O) groups excluding carboxylic acids is 3. The fourth-order valence-electron chi connectivity index (χ4n) is 8.98. The maximum atomic E-state index is 12.6. The predicted molar refractivity (Wildman–Crippen MR) is 159 cm³/mol. The van der Waals surface area contributed by atoms with Crippen molar-refractivity contribution < 1.29 is 44.4 Å². The first-order valence-corrected chi connectivity index (χ1v) is 15.5. The van der Waals surface area contributed by atoms with E-state index in [0.29, 0.717) is 31.4 Å². The highest BCUT2D eigenvalue weighted by atomic mass is 16.6. The van der Waals surface area contributed by atoms with Crippen molar-refractivity contribution >= 4 is 23.4 Å². The number of carbonyl (C=O) groups is 3. The number of oxime groups is 1. The summed E-state index contributed by atoms with van der Waals surface area (Å²) >= 11 is 0. The van der Waals surface area contributed by atoms with Gasteiger partial charge in [-0.2, -0.15) is 0 Å². The number of nitrogens with one attached hydrogen (secondary N) is 1. The van der Waals surface area contributed by atoms with Crippen LogP contribution in [0.4, 0.5) is 0 Å². The molecule has 44 heavy (non-hydrogen) atoms. The number of rotatable bonds is 9. The maximum absolute atomic E-state index is 12.6. The number of aliphatic hydroxyl groups excluding tert-OH is 2. The number of phenols is 1. The van der Waals surface area contributed by atoms with E-state index in [1.54, 1.807) is 12.1 Å². The first-order chi connectivity index (χ1) is 20.9. The molecule has 4 aliphatic carbocycles. The van der Waals surface area contributed by atoms with E-state index in [0.717, 1.165) is 24.8 Å². The van der Waals surface area contributed by atoms with E-state index in [2.05, 4.69) is 17.4 Å². The second-order valence-corrected chi connectivity index (χ2v) is 13.5. The van der Waals surface area contributed by atoms with Crippen molar-refractivity contribution in [1.82, 2.24) is 5.32 Å². The molecule has 0 aromatic heterocycles. The third-order valence-electron chi connectivity index (χ3n) is 11.2. The molecule has 3 fully saturated rings. The number of allylic oxidation sites excluding steroid dienone is 2. The molecule has 1 aromatic carbocycles. The summed E-state index contributed by atoms with van der Waals surface area (Å²) in [6.07, 6.45) is 5.75. The van der Waals surface area contributed by atoms with E-state index in [4.69, 9.17) is 9.57 Å². The Balaban J connectivity index is 1.23. The lowest BCUT2D eigenvalue weighted by Crippen LogP contribution is -2.62. The van der Waals surface area contributed by atoms with E-state index < -0.39 is 47.4 Å². The van der Waals surface area contributed by atoms with Crippen LogP contribution in [0.2, 0.25) is 0 Å². The minimum absolute atomic E-state index is 0.0239. The summed E-state index contributed by atoms with van der Waals surface area (Å²) in [5.74, 6) is -1.38. The van der Waals surface area contributed by atoms with Gasteiger partial charge < -0.3 is 35.3 Å². The van der Waals surface area contributed by atoms with Crippen molar-refractivity contribution in [3.05, 3.63) is 41.5 Å². The highest BCUT2D eigenvalue weighted by Crippen LogP contribution is 2.67. The number of benzene rings is 1. The Kier molecular flexibility index (Phi) is 8.94. The second kappa shape index (κ2) is 12.3. The fourth-order valence-corrected chi connectivity index (χ4v) is 8.98. The van der Waals surface area contributed by atoms with E-state index in [9.17, 15) is 34.8 Å². The number of hydrogen-bond donors (Lipinski definition) is 5. The van der Waals surface area contributed by atoms with Crippen LogP contribution in [-0.2, 0) is 30.4 Å². The van der Waals surface area contributed by atoms with Gasteiger partial charge in [0.1, 0.15) is 24.0 Å². The van der Waals surface area contributed by atoms with Crippen LogP contribution in [0.1, 0.15) is 64.4 Å². The Labute approximate surface area is 257 Å². The van der Waals surface area contributed by atoms with Gasteiger partial charge in [-0.3, -0.25) is 9.59 Å². The van der Waals surface area contributed by atoms with Crippen LogP contribution in [0.5, 0.6) is 5.75 Å². The first-order valence-electron chi connectivity index (χ1n) is 15.5. The fraction of sp³-hybridized carbons (Fsp3) is 0.636. The summed E-state index contributed by atoms with van der Waals surface area (Å²) in [6, 6.07) is 5.40. The molecule has 1 amide bonds. The highest BCUT2D eigenvalue weighted by Gasteiger charge is 2.68. The number of ether oxygens (including phenoxy) is 1. The summed E-state index contributed by atoms with van der Waals surface area (Å²) in [6.45, 7) is 3.01. The van der Waals surface area contributed by atoms with Crippen molar-refractivity contribution in [3.63, 3.8) is 0 Å². The van der Waals surface area contributed by atoms with Crippen molar-refractivity contribution in [1.29, 1.82) is 0 Å². The smallest absolute Gasteiger partial charge is 0.328 e. The number of Topliss-reactive ketones (excluding diaryl/α,β-unsaturated/α-hetero) is 1. The molecule has 0 unspecified atom stereocenters. The van der Waals surface area contributed by atoms with Crippen LogP contribution in [-0.4, -0.2) is 81.9 Å². The van der Waals surface area contributed by atoms with Crippen LogP contribution in [0.25, 0.3) is 0 Å². The minimum Gasteiger partial charge on any atom is -0.508 e. The summed E-state index contributed by atoms with van der Waals surface area (Å²) in [7, 11) is 1.25. The molecule has 4 aliphatic rings. The van der Waals surface area contributed by atoms with Gasteiger partial charge in [-0.1, -0.05) is 36.7 Å². The molecule has 0 saturated heterocycles. The second-order valence-electron chi connectivity index (χ2n) is 13.5. The monoisotopic (exact) mass is 612 g/mol. The lowest BCUT2D eigenvalue weighted by atomic mass is 9.45. The third kappa shape index (κ3) is 5.54. The van der Waals surface area contributed by atoms with Crippen molar-refractivity contribution in [3.8, 4) is 5.75 Å². The van der Waals surface area contributed by atoms with E-state index in [1.165, 1.54) is 24.8 Å². The zero-order chi connectivity index (χ0) is 31.9. The topological polar surface area (TPSA) is 175 Å². The van der Waals surface area contributed by atoms with Gasteiger partial charge >= 0.3 is 5.97 Å². The number of aromatic hydroxyl groups is 1. The number of methoxy groups -OCH3 is 1. The Bertz CT molecular complexity index is 1340. The molecule has 1 aromatic rings. The molecule has 5 rings (SSSR count). The number of hydrogen-bond acceptors (Lipinski definition) is 10. The molecule has 5 N–H and O–H groups in total. The summed E-state index contributed by atoms with van der Waals surface area (Å²) in [5.41, 5.74) is -0.0499. The van der Waals surface area contributed by atoms with Crippen LogP contribution in [0.15, 0.2) is 41.1 Å². The molecular weight excluding hydrogens is 568 g/mol. The molecular formula is C33H44N2O9. The minimum atomic E-state index is -1.62. The highest BCUT2D eigenvalue weighted by molar-refractivity contribution is 5.96. The zero-order valence-electron chi connectivity index (χ0n) is 25.6. The Hall–Kier alpha value is -3.28. The van der Waals surface area contributed by atoms with Gasteiger partial charge in [0.25, 0.3) is 5.91 Å². The summed E-state index contributed by atoms with van der Waals surface area (Å²) in [5, 5.41) is 48.9. The Morgan fingerprint density at radius 2 is 1.84 bits per heavy atom. The third-order valence-corrected chi connectivity index (χ3v) is 11.2. The molecule has 240 valence electrons. The quantitative estimate of drug-likeness (QED) is 0.207. The van der Waals surface area contributed by atoms with Crippen molar-refractivity contribution in [2.24, 2.45) is 33.7 Å². The average molecular weight is 613 g/mol. The normalized spacial score (nSPS) is 35.9. The molecule has 11 heteroatoms. The molecule has 8 atom stereocenters. The van der Waals surface area contributed by atoms with E-state index in [-0.39, 0.29) is 41.9 Å². The standard InChI is InChI=1S/C33H44N2O9/c1-31-12-10-21(35-44-18-28(40)34-25(30(41)43-3)14-19-4-7-22(37)8-5-19)15-20(31)6-9-23-24-11-13-33(42,27(39)17-36)32(24,2)16-26(38)29(23)31/h4-5,7-8,15,23-26,29,36-38,42H,6,9-14,16-18H2,1-3H3,(H,34,40)/b35-21+/t23-,24+,25+,26+,29-,31+,32+,33+/m1/s1. The Morgan fingerprint density at radius 3 is 2.52 bits per heavy atom. The van der Waals surface area contributed by atoms with E-state index >= 15 is 0 Å². The SMILES string of the molecule is COC(=O)[C@H](Cc1ccc(O)cc1)NC(=O)CO/N=C1/C=C2CC[C@H]3[C@H]([C@@H](O)C[C@@]4(C)[C@H]3CC[C@]4(O)C(=O)CO)[C@@]2(C)CC1. The molecule has 0 heterocycles. The van der Waals surface area contributed by atoms with Crippen LogP contribution in [0, 0.1) is 28.6 Å². The maximum Gasteiger partial charge on any atom is 0.328 e. The number of amides is 1. The van der Waals surface area contributed by atoms with Gasteiger partial charge in [0.2, 0.25) is 0 Å². The molecule has 0 radical (unpaired) electrons. The zero-order valence-corrected chi connectivity index (χ0v) is 25.6. The average Bonchev–Trinajstić information content (AvgIpc) is 3.27. The van der Waals surface area contributed by atoms with E-state index in [1.807, 2.05) is 13.0 Å². The molecule has 0 bridgehead atoms. The summed E-state index contributed by atoms with van der Waals surface area (Å²) in [4.78, 5) is 42.9. The van der Waals surface area contributed by atoms with Gasteiger partial charge in [-0.25, -0.2) is 4.79 Å². The molecule has 3 saturated carbocycles. The van der Waals surface area contributed by atoms with Crippen LogP contribution >= 0.6 is 0 Å². The number of fused-ring (bicyclic) bond motifs is 5. The van der Waals surface area contributed by atoms with Gasteiger partial charge in [-0.05, 0) is 91.9 Å². The molecule has 11 nitrogen and oxygen atoms in total. The lowest BCUT2D eigenvalue weighted by molar-refractivity contribution is -0.181. The van der Waals surface area contributed by atoms with Gasteiger partial charge in [0.05, 0.1) is 18.9 Å². The summed E-state index contributed by atoms with van der Waals surface area (Å²) < 4.78 is 4.83. The number of esters is 1. The van der Waals surface area contributed by atoms with Gasteiger partial charge in [0, 0.05) is 11.8 Å². The largest absolute Gasteiger partial charge is 0.508 e. The van der Waals surface area contributed by atoms with Crippen molar-refractivity contribution in [2.45, 2.75) is 83.0 Å². The molecule has 0 spiro atoms. The van der Waals surface area contributed by atoms with Crippen molar-refractivity contribution in [2.75, 3.05) is 20.3 Å². The number of ketones is 1. The van der Waals surface area contributed by atoms with Crippen LogP contribution in [0.3, 0.4) is 0 Å². The predicted octanol–water partition coefficient (Wildman–Crippen LogP) is 2.19. The number of aliphatic hydroxyl groups is 3. The number of nitrogens with zero attached hydrogens (tertiary/aromatic N) is 1. The lowest BCUT2D eigenvalue weighted by Gasteiger charge is -2.60. The van der Waals surface area contributed by atoms with Crippen LogP contribution < -0.4 is 5.32 Å². The van der Waals surface area contributed by atoms with Gasteiger partial charge in [0.15, 0.2) is 12.4 Å². The first kappa shape index (κ1) is 32.1. The molecule has 0 aliphatic heterocycles. The van der Waals surface area contributed by atoms with Gasteiger partial charge in [-0.15, -0.1) is 0 Å². The Morgan fingerprint density at radius 1 is 1.11 bits per heavy atom.